The van der Waals surface area contributed by atoms with Crippen molar-refractivity contribution in [3.05, 3.63) is 29.6 Å². The molecule has 1 saturated carbocycles. The molecule has 0 radical (unpaired) electrons. The minimum atomic E-state index is -3.54. The van der Waals surface area contributed by atoms with Crippen LogP contribution in [0, 0.1) is 11.7 Å². The van der Waals surface area contributed by atoms with Crippen molar-refractivity contribution in [2.75, 3.05) is 18.9 Å². The fourth-order valence-electron chi connectivity index (χ4n) is 3.60. The normalized spacial score (nSPS) is 19.2. The van der Waals surface area contributed by atoms with Crippen LogP contribution in [0.2, 0.25) is 0 Å². The summed E-state index contributed by atoms with van der Waals surface area (Å²) in [5, 5.41) is 2.29. The van der Waals surface area contributed by atoms with Crippen LogP contribution in [0.5, 0.6) is 5.75 Å². The van der Waals surface area contributed by atoms with Crippen LogP contribution >= 0.6 is 0 Å². The number of nitrogens with zero attached hydrogens (tertiary/aromatic N) is 1. The first-order valence-electron chi connectivity index (χ1n) is 11.0. The molecule has 3 amide bonds. The summed E-state index contributed by atoms with van der Waals surface area (Å²) in [5.74, 6) is -0.211. The highest BCUT2D eigenvalue weighted by atomic mass is 32.2. The number of nitrogens with one attached hydrogen (secondary N) is 2. The van der Waals surface area contributed by atoms with Gasteiger partial charge in [-0.2, -0.15) is 0 Å². The number of ether oxygens (including phenoxy) is 1. The van der Waals surface area contributed by atoms with Gasteiger partial charge in [0, 0.05) is 12.6 Å². The predicted molar refractivity (Wildman–Crippen MR) is 118 cm³/mol. The minimum absolute atomic E-state index is 0.0574. The highest BCUT2D eigenvalue weighted by molar-refractivity contribution is 7.89. The maximum absolute atomic E-state index is 14.0. The molecule has 2 N–H and O–H groups in total. The molecule has 2 aliphatic rings. The molecule has 32 heavy (non-hydrogen) atoms. The number of hydrogen-bond acceptors (Lipinski definition) is 5. The van der Waals surface area contributed by atoms with Gasteiger partial charge in [-0.15, -0.1) is 0 Å². The predicted octanol–water partition coefficient (Wildman–Crippen LogP) is 3.10. The number of urea groups is 1. The third kappa shape index (κ3) is 6.19. The molecule has 1 atom stereocenters. The summed E-state index contributed by atoms with van der Waals surface area (Å²) in [5.41, 5.74) is -0.260. The van der Waals surface area contributed by atoms with Gasteiger partial charge in [0.15, 0.2) is 11.6 Å². The number of halogens is 1. The van der Waals surface area contributed by atoms with Gasteiger partial charge in [0.25, 0.3) is 5.91 Å². The summed E-state index contributed by atoms with van der Waals surface area (Å²) in [6.07, 6.45) is 3.80. The van der Waals surface area contributed by atoms with Gasteiger partial charge in [-0.3, -0.25) is 10.1 Å². The summed E-state index contributed by atoms with van der Waals surface area (Å²) in [6, 6.07) is 3.46. The molecule has 1 aromatic rings. The van der Waals surface area contributed by atoms with Gasteiger partial charge < -0.3 is 9.64 Å². The minimum Gasteiger partial charge on any atom is -0.490 e. The van der Waals surface area contributed by atoms with Crippen LogP contribution in [0.25, 0.3) is 0 Å². The Bertz CT molecular complexity index is 962. The molecule has 1 heterocycles. The van der Waals surface area contributed by atoms with E-state index in [0.29, 0.717) is 43.9 Å². The molecule has 10 heteroatoms. The van der Waals surface area contributed by atoms with Gasteiger partial charge in [-0.25, -0.2) is 22.3 Å². The molecule has 0 bridgehead atoms. The number of sulfonamides is 1. The number of hydrogen-bond donors (Lipinski definition) is 2. The van der Waals surface area contributed by atoms with E-state index in [0.717, 1.165) is 12.8 Å². The first-order valence-corrected chi connectivity index (χ1v) is 12.7. The van der Waals surface area contributed by atoms with Gasteiger partial charge in [0.2, 0.25) is 10.0 Å². The standard InChI is InChI=1S/C22H32FN3O5S/c1-15(17-9-10-18(23)19(13-17)31-14-16-7-8-16)25-32(29,30)12-6-4-5-11-26-21(28)24-20(27)22(26,2)3/h9-10,13,15-16,25H,4-8,11-12,14H2,1-3H3,(H,24,27,28)/t15-/m1/s1. The van der Waals surface area contributed by atoms with Crippen molar-refractivity contribution in [2.24, 2.45) is 5.92 Å². The van der Waals surface area contributed by atoms with E-state index in [1.165, 1.54) is 11.0 Å². The Morgan fingerprint density at radius 3 is 2.59 bits per heavy atom. The number of carbonyl (C=O) groups excluding carboxylic acids is 2. The summed E-state index contributed by atoms with van der Waals surface area (Å²) in [6.45, 7) is 5.93. The van der Waals surface area contributed by atoms with E-state index in [-0.39, 0.29) is 17.4 Å². The van der Waals surface area contributed by atoms with E-state index in [1.54, 1.807) is 32.9 Å². The Labute approximate surface area is 188 Å². The molecular formula is C22H32FN3O5S. The van der Waals surface area contributed by atoms with Crippen LogP contribution in [0.3, 0.4) is 0 Å². The molecule has 0 aromatic heterocycles. The van der Waals surface area contributed by atoms with Gasteiger partial charge in [0.05, 0.1) is 12.4 Å². The fraction of sp³-hybridized carbons (Fsp3) is 0.636. The van der Waals surface area contributed by atoms with E-state index in [4.69, 9.17) is 4.74 Å². The second-order valence-electron chi connectivity index (χ2n) is 9.13. The van der Waals surface area contributed by atoms with E-state index in [9.17, 15) is 22.4 Å². The van der Waals surface area contributed by atoms with Crippen molar-refractivity contribution < 1.29 is 27.1 Å². The average Bonchev–Trinajstić information content (AvgIpc) is 3.50. The Morgan fingerprint density at radius 1 is 1.25 bits per heavy atom. The van der Waals surface area contributed by atoms with Crippen molar-refractivity contribution in [3.63, 3.8) is 0 Å². The lowest BCUT2D eigenvalue weighted by Gasteiger charge is -2.27. The number of carbonyl (C=O) groups is 2. The first-order chi connectivity index (χ1) is 15.0. The Balaban J connectivity index is 1.44. The van der Waals surface area contributed by atoms with E-state index >= 15 is 0 Å². The summed E-state index contributed by atoms with van der Waals surface area (Å²) in [4.78, 5) is 25.1. The zero-order chi connectivity index (χ0) is 23.5. The maximum Gasteiger partial charge on any atom is 0.324 e. The summed E-state index contributed by atoms with van der Waals surface area (Å²) < 4.78 is 47.1. The lowest BCUT2D eigenvalue weighted by atomic mass is 10.0. The first kappa shape index (κ1) is 24.4. The largest absolute Gasteiger partial charge is 0.490 e. The molecule has 2 fully saturated rings. The Kier molecular flexibility index (Phi) is 7.44. The van der Waals surface area contributed by atoms with Crippen molar-refractivity contribution in [1.82, 2.24) is 14.9 Å². The topological polar surface area (TPSA) is 105 Å². The number of unbranched alkanes of at least 4 members (excludes halogenated alkanes) is 2. The van der Waals surface area contributed by atoms with E-state index in [1.807, 2.05) is 0 Å². The number of benzene rings is 1. The zero-order valence-electron chi connectivity index (χ0n) is 18.8. The number of rotatable bonds is 12. The van der Waals surface area contributed by atoms with E-state index < -0.39 is 33.5 Å². The highest BCUT2D eigenvalue weighted by Gasteiger charge is 2.44. The van der Waals surface area contributed by atoms with E-state index in [2.05, 4.69) is 10.0 Å². The van der Waals surface area contributed by atoms with Crippen molar-refractivity contribution in [1.29, 1.82) is 0 Å². The zero-order valence-corrected chi connectivity index (χ0v) is 19.6. The average molecular weight is 470 g/mol. The second-order valence-corrected chi connectivity index (χ2v) is 11.0. The Morgan fingerprint density at radius 2 is 1.97 bits per heavy atom. The quantitative estimate of drug-likeness (QED) is 0.362. The molecule has 1 aliphatic heterocycles. The third-order valence-corrected chi connectivity index (χ3v) is 7.51. The van der Waals surface area contributed by atoms with Crippen LogP contribution in [0.1, 0.15) is 64.5 Å². The SMILES string of the molecule is C[C@@H](NS(=O)(=O)CCCCCN1C(=O)NC(=O)C1(C)C)c1ccc(F)c(OCC2CC2)c1. The van der Waals surface area contributed by atoms with Gasteiger partial charge in [0.1, 0.15) is 5.54 Å². The second kappa shape index (κ2) is 9.74. The third-order valence-electron chi connectivity index (χ3n) is 5.97. The smallest absolute Gasteiger partial charge is 0.324 e. The molecule has 8 nitrogen and oxygen atoms in total. The molecule has 178 valence electrons. The highest BCUT2D eigenvalue weighted by Crippen LogP contribution is 2.31. The van der Waals surface area contributed by atoms with Crippen molar-refractivity contribution in [2.45, 2.75) is 64.5 Å². The number of imide groups is 1. The van der Waals surface area contributed by atoms with Crippen LogP contribution in [0.15, 0.2) is 18.2 Å². The molecule has 0 spiro atoms. The maximum atomic E-state index is 14.0. The van der Waals surface area contributed by atoms with Crippen molar-refractivity contribution >= 4 is 22.0 Å². The van der Waals surface area contributed by atoms with Crippen LogP contribution in [0.4, 0.5) is 9.18 Å². The molecule has 1 aromatic carbocycles. The molecule has 1 saturated heterocycles. The van der Waals surface area contributed by atoms with Gasteiger partial charge in [-0.1, -0.05) is 12.5 Å². The summed E-state index contributed by atoms with van der Waals surface area (Å²) >= 11 is 0. The van der Waals surface area contributed by atoms with Crippen LogP contribution in [-0.2, 0) is 14.8 Å². The number of amides is 3. The van der Waals surface area contributed by atoms with Crippen LogP contribution < -0.4 is 14.8 Å². The summed E-state index contributed by atoms with van der Waals surface area (Å²) in [7, 11) is -3.54. The fourth-order valence-corrected chi connectivity index (χ4v) is 4.98. The van der Waals surface area contributed by atoms with Crippen LogP contribution in [-0.4, -0.2) is 49.7 Å². The Hall–Kier alpha value is -2.20. The molecule has 0 unspecified atom stereocenters. The van der Waals surface area contributed by atoms with Crippen molar-refractivity contribution in [3.8, 4) is 5.75 Å². The molecule has 3 rings (SSSR count). The van der Waals surface area contributed by atoms with Gasteiger partial charge in [-0.05, 0) is 70.1 Å². The molecular weight excluding hydrogens is 437 g/mol. The van der Waals surface area contributed by atoms with Gasteiger partial charge >= 0.3 is 6.03 Å². The molecule has 1 aliphatic carbocycles. The lowest BCUT2D eigenvalue weighted by molar-refractivity contribution is -0.125. The lowest BCUT2D eigenvalue weighted by Crippen LogP contribution is -2.44. The monoisotopic (exact) mass is 469 g/mol.